The van der Waals surface area contributed by atoms with Gasteiger partial charge >= 0.3 is 0 Å². The second kappa shape index (κ2) is 8.27. The number of para-hydroxylation sites is 1. The van der Waals surface area contributed by atoms with Gasteiger partial charge in [0.05, 0.1) is 29.0 Å². The van der Waals surface area contributed by atoms with E-state index >= 15 is 0 Å². The van der Waals surface area contributed by atoms with Crippen molar-refractivity contribution in [1.82, 2.24) is 19.8 Å². The van der Waals surface area contributed by atoms with E-state index in [-0.39, 0.29) is 5.91 Å². The lowest BCUT2D eigenvalue weighted by atomic mass is 10.0. The van der Waals surface area contributed by atoms with Crippen LogP contribution in [0.15, 0.2) is 48.7 Å². The fourth-order valence-corrected chi connectivity index (χ4v) is 4.82. The maximum atomic E-state index is 13.3. The third-order valence-corrected chi connectivity index (χ3v) is 6.68. The molecule has 4 heterocycles. The Morgan fingerprint density at radius 2 is 1.87 bits per heavy atom. The smallest absolute Gasteiger partial charge is 0.258 e. The Morgan fingerprint density at radius 3 is 2.68 bits per heavy atom. The molecular weight excluding hydrogens is 386 g/mol. The number of aromatic nitrogens is 2. The normalized spacial score (nSPS) is 17.1. The highest BCUT2D eigenvalue weighted by atomic mass is 16.2. The van der Waals surface area contributed by atoms with Crippen LogP contribution in [0.1, 0.15) is 34.6 Å². The van der Waals surface area contributed by atoms with Crippen LogP contribution in [0, 0.1) is 0 Å². The molecule has 0 unspecified atom stereocenters. The van der Waals surface area contributed by atoms with Gasteiger partial charge in [0.2, 0.25) is 0 Å². The number of anilines is 1. The van der Waals surface area contributed by atoms with E-state index in [4.69, 9.17) is 4.98 Å². The van der Waals surface area contributed by atoms with Crippen molar-refractivity contribution in [3.63, 3.8) is 0 Å². The number of hydrogen-bond donors (Lipinski definition) is 0. The highest BCUT2D eigenvalue weighted by Gasteiger charge is 2.33. The molecule has 3 aromatic rings. The first kappa shape index (κ1) is 19.9. The Morgan fingerprint density at radius 1 is 1.06 bits per heavy atom. The quantitative estimate of drug-likeness (QED) is 0.640. The van der Waals surface area contributed by atoms with Crippen molar-refractivity contribution in [1.29, 1.82) is 0 Å². The summed E-state index contributed by atoms with van der Waals surface area (Å²) in [5.74, 6) is 0.105. The number of benzene rings is 1. The Bertz CT molecular complexity index is 1100. The summed E-state index contributed by atoms with van der Waals surface area (Å²) in [6.07, 6.45) is 4.84. The molecule has 6 nitrogen and oxygen atoms in total. The highest BCUT2D eigenvalue weighted by Crippen LogP contribution is 2.32. The summed E-state index contributed by atoms with van der Waals surface area (Å²) in [4.78, 5) is 29.2. The van der Waals surface area contributed by atoms with E-state index in [2.05, 4.69) is 47.1 Å². The molecule has 2 aliphatic heterocycles. The second-order valence-corrected chi connectivity index (χ2v) is 8.81. The summed E-state index contributed by atoms with van der Waals surface area (Å²) < 4.78 is 0. The number of nitrogens with zero attached hydrogens (tertiary/aromatic N) is 5. The van der Waals surface area contributed by atoms with Crippen molar-refractivity contribution in [3.05, 3.63) is 65.6 Å². The lowest BCUT2D eigenvalue weighted by Gasteiger charge is -2.37. The van der Waals surface area contributed by atoms with Crippen molar-refractivity contribution in [2.75, 3.05) is 38.6 Å². The molecule has 6 heteroatoms. The number of pyridine rings is 2. The van der Waals surface area contributed by atoms with Crippen LogP contribution in [-0.4, -0.2) is 65.4 Å². The first-order valence-corrected chi connectivity index (χ1v) is 11.1. The molecule has 0 atom stereocenters. The molecule has 2 aromatic heterocycles. The number of fused-ring (bicyclic) bond motifs is 2. The van der Waals surface area contributed by atoms with Crippen LogP contribution < -0.4 is 4.90 Å². The molecule has 160 valence electrons. The molecular formula is C25H29N5O. The molecule has 1 aromatic carbocycles. The van der Waals surface area contributed by atoms with Crippen LogP contribution in [0.5, 0.6) is 0 Å². The van der Waals surface area contributed by atoms with E-state index in [0.717, 1.165) is 65.9 Å². The zero-order valence-electron chi connectivity index (χ0n) is 18.3. The van der Waals surface area contributed by atoms with Crippen molar-refractivity contribution < 1.29 is 4.79 Å². The molecule has 1 amide bonds. The molecule has 2 aliphatic rings. The van der Waals surface area contributed by atoms with Gasteiger partial charge in [-0.1, -0.05) is 24.3 Å². The van der Waals surface area contributed by atoms with Gasteiger partial charge in [0.1, 0.15) is 0 Å². The van der Waals surface area contributed by atoms with Crippen LogP contribution >= 0.6 is 0 Å². The number of hydrogen-bond acceptors (Lipinski definition) is 5. The van der Waals surface area contributed by atoms with Gasteiger partial charge in [-0.05, 0) is 45.1 Å². The average molecular weight is 416 g/mol. The van der Waals surface area contributed by atoms with E-state index in [1.807, 2.05) is 35.4 Å². The largest absolute Gasteiger partial charge is 0.371 e. The van der Waals surface area contributed by atoms with Crippen LogP contribution in [0.2, 0.25) is 0 Å². The molecule has 0 aliphatic carbocycles. The van der Waals surface area contributed by atoms with Gasteiger partial charge in [-0.25, -0.2) is 0 Å². The highest BCUT2D eigenvalue weighted by molar-refractivity contribution is 6.03. The molecule has 0 bridgehead atoms. The van der Waals surface area contributed by atoms with E-state index in [0.29, 0.717) is 19.1 Å². The molecule has 5 rings (SSSR count). The number of carbonyl (C=O) groups excluding carboxylic acids is 1. The molecule has 0 radical (unpaired) electrons. The molecule has 31 heavy (non-hydrogen) atoms. The number of amides is 1. The summed E-state index contributed by atoms with van der Waals surface area (Å²) >= 11 is 0. The maximum Gasteiger partial charge on any atom is 0.258 e. The first-order valence-electron chi connectivity index (χ1n) is 11.1. The third-order valence-electron chi connectivity index (χ3n) is 6.68. The summed E-state index contributed by atoms with van der Waals surface area (Å²) in [6.45, 7) is 3.20. The van der Waals surface area contributed by atoms with Gasteiger partial charge in [-0.15, -0.1) is 0 Å². The molecule has 1 fully saturated rings. The van der Waals surface area contributed by atoms with Gasteiger partial charge in [0.25, 0.3) is 5.91 Å². The van der Waals surface area contributed by atoms with Crippen LogP contribution in [0.3, 0.4) is 0 Å². The zero-order valence-corrected chi connectivity index (χ0v) is 18.3. The van der Waals surface area contributed by atoms with Crippen LogP contribution in [-0.2, 0) is 13.0 Å². The Kier molecular flexibility index (Phi) is 5.32. The summed E-state index contributed by atoms with van der Waals surface area (Å²) in [5, 5.41) is 1.14. The summed E-state index contributed by atoms with van der Waals surface area (Å²) in [5.41, 5.74) is 4.78. The van der Waals surface area contributed by atoms with Gasteiger partial charge in [-0.2, -0.15) is 0 Å². The van der Waals surface area contributed by atoms with Gasteiger partial charge in [0.15, 0.2) is 0 Å². The zero-order chi connectivity index (χ0) is 21.4. The monoisotopic (exact) mass is 415 g/mol. The Hall–Kier alpha value is -2.99. The standard InChI is InChI=1S/C25H29N5O/c1-28(2)20-11-15-29(16-12-20)23-9-13-26-22-17-30(25(31)24(22)23)14-10-19-8-7-18-5-3-4-6-21(18)27-19/h3-9,13,20H,10-12,14-17H2,1-2H3. The van der Waals surface area contributed by atoms with Crippen molar-refractivity contribution in [3.8, 4) is 0 Å². The minimum Gasteiger partial charge on any atom is -0.371 e. The fraction of sp³-hybridized carbons (Fsp3) is 0.400. The van der Waals surface area contributed by atoms with Gasteiger partial charge in [0, 0.05) is 49.4 Å². The fourth-order valence-electron chi connectivity index (χ4n) is 4.82. The number of carbonyl (C=O) groups is 1. The third kappa shape index (κ3) is 3.88. The van der Waals surface area contributed by atoms with Crippen LogP contribution in [0.4, 0.5) is 5.69 Å². The lowest BCUT2D eigenvalue weighted by molar-refractivity contribution is 0.0780. The van der Waals surface area contributed by atoms with E-state index in [1.165, 1.54) is 0 Å². The van der Waals surface area contributed by atoms with Gasteiger partial charge < -0.3 is 14.7 Å². The summed E-state index contributed by atoms with van der Waals surface area (Å²) in [6, 6.07) is 14.9. The predicted molar refractivity (Wildman–Crippen MR) is 123 cm³/mol. The Labute approximate surface area is 183 Å². The first-order chi connectivity index (χ1) is 15.1. The molecule has 1 saturated heterocycles. The molecule has 0 saturated carbocycles. The lowest BCUT2D eigenvalue weighted by Crippen LogP contribution is -2.42. The van der Waals surface area contributed by atoms with Crippen molar-refractivity contribution in [2.24, 2.45) is 0 Å². The average Bonchev–Trinajstić information content (AvgIpc) is 3.13. The van der Waals surface area contributed by atoms with E-state index in [1.54, 1.807) is 0 Å². The second-order valence-electron chi connectivity index (χ2n) is 8.81. The van der Waals surface area contributed by atoms with Crippen molar-refractivity contribution >= 4 is 22.5 Å². The molecule has 0 N–H and O–H groups in total. The summed E-state index contributed by atoms with van der Waals surface area (Å²) in [7, 11) is 4.30. The van der Waals surface area contributed by atoms with Gasteiger partial charge in [-0.3, -0.25) is 14.8 Å². The Balaban J connectivity index is 1.29. The van der Waals surface area contributed by atoms with Crippen LogP contribution in [0.25, 0.3) is 10.9 Å². The number of piperidine rings is 1. The van der Waals surface area contributed by atoms with E-state index in [9.17, 15) is 4.79 Å². The number of rotatable bonds is 5. The topological polar surface area (TPSA) is 52.6 Å². The maximum absolute atomic E-state index is 13.3. The molecule has 0 spiro atoms. The van der Waals surface area contributed by atoms with Crippen molar-refractivity contribution in [2.45, 2.75) is 31.8 Å². The predicted octanol–water partition coefficient (Wildman–Crippen LogP) is 3.36. The minimum atomic E-state index is 0.105. The van der Waals surface area contributed by atoms with E-state index < -0.39 is 0 Å². The SMILES string of the molecule is CN(C)C1CCN(c2ccnc3c2C(=O)N(CCc2ccc4ccccc4n2)C3)CC1. The minimum absolute atomic E-state index is 0.105.